The van der Waals surface area contributed by atoms with Gasteiger partial charge in [0, 0.05) is 23.5 Å². The van der Waals surface area contributed by atoms with Crippen molar-refractivity contribution < 1.29 is 0 Å². The van der Waals surface area contributed by atoms with Crippen LogP contribution < -0.4 is 5.32 Å². The lowest BCUT2D eigenvalue weighted by molar-refractivity contribution is 0.430. The summed E-state index contributed by atoms with van der Waals surface area (Å²) in [6, 6.07) is 6.55. The summed E-state index contributed by atoms with van der Waals surface area (Å²) in [7, 11) is 0. The van der Waals surface area contributed by atoms with Crippen molar-refractivity contribution in [3.63, 3.8) is 0 Å². The highest BCUT2D eigenvalue weighted by Crippen LogP contribution is 2.17. The topological polar surface area (TPSA) is 12.0 Å². The van der Waals surface area contributed by atoms with Crippen LogP contribution in [0.4, 0.5) is 0 Å². The molecule has 0 fully saturated rings. The summed E-state index contributed by atoms with van der Waals surface area (Å²) in [5.74, 6) is 1.14. The Bertz CT molecular complexity index is 339. The lowest BCUT2D eigenvalue weighted by Gasteiger charge is -2.19. The monoisotopic (exact) mass is 259 g/mol. The van der Waals surface area contributed by atoms with Gasteiger partial charge in [-0.3, -0.25) is 0 Å². The zero-order chi connectivity index (χ0) is 12.1. The number of benzene rings is 1. The highest BCUT2D eigenvalue weighted by atomic mass is 35.5. The van der Waals surface area contributed by atoms with Crippen LogP contribution in [0, 0.1) is 12.8 Å². The Kier molecular flexibility index (Phi) is 5.60. The maximum absolute atomic E-state index is 6.16. The molecule has 2 unspecified atom stereocenters. The maximum atomic E-state index is 6.16. The normalized spacial score (nSPS) is 14.8. The van der Waals surface area contributed by atoms with Crippen LogP contribution >= 0.6 is 23.2 Å². The van der Waals surface area contributed by atoms with E-state index in [1.54, 1.807) is 0 Å². The number of aryl methyl sites for hydroxylation is 1. The molecular weight excluding hydrogens is 241 g/mol. The summed E-state index contributed by atoms with van der Waals surface area (Å²) >= 11 is 12.0. The van der Waals surface area contributed by atoms with E-state index in [1.165, 1.54) is 5.56 Å². The number of alkyl halides is 1. The summed E-state index contributed by atoms with van der Waals surface area (Å²) in [5, 5.41) is 4.27. The smallest absolute Gasteiger partial charge is 0.0453 e. The minimum Gasteiger partial charge on any atom is -0.310 e. The Hall–Kier alpha value is -0.240. The van der Waals surface area contributed by atoms with Crippen molar-refractivity contribution in [1.29, 1.82) is 0 Å². The number of rotatable bonds is 5. The Morgan fingerprint density at radius 1 is 1.31 bits per heavy atom. The van der Waals surface area contributed by atoms with E-state index >= 15 is 0 Å². The van der Waals surface area contributed by atoms with E-state index in [1.807, 2.05) is 13.0 Å². The van der Waals surface area contributed by atoms with Crippen LogP contribution in [-0.4, -0.2) is 11.9 Å². The molecule has 1 rings (SSSR count). The molecule has 2 atom stereocenters. The van der Waals surface area contributed by atoms with Gasteiger partial charge in [-0.1, -0.05) is 30.7 Å². The van der Waals surface area contributed by atoms with Crippen LogP contribution in [0.5, 0.6) is 0 Å². The van der Waals surface area contributed by atoms with Gasteiger partial charge in [-0.25, -0.2) is 0 Å². The Balaban J connectivity index is 2.54. The third-order valence-corrected chi connectivity index (χ3v) is 3.76. The van der Waals surface area contributed by atoms with E-state index in [0.717, 1.165) is 17.1 Å². The predicted molar refractivity (Wildman–Crippen MR) is 72.4 cm³/mol. The van der Waals surface area contributed by atoms with Crippen molar-refractivity contribution >= 4 is 23.2 Å². The standard InChI is InChI=1S/C13H19Cl2N/c1-9-4-5-12(13(15)6-9)8-16-11(3)10(2)7-14/h4-6,10-11,16H,7-8H2,1-3H3. The first-order valence-electron chi connectivity index (χ1n) is 5.59. The minimum atomic E-state index is 0.398. The van der Waals surface area contributed by atoms with Gasteiger partial charge in [-0.05, 0) is 37.0 Å². The fourth-order valence-electron chi connectivity index (χ4n) is 1.40. The first kappa shape index (κ1) is 13.8. The number of nitrogens with one attached hydrogen (secondary N) is 1. The molecule has 0 bridgehead atoms. The average molecular weight is 260 g/mol. The zero-order valence-electron chi connectivity index (χ0n) is 10.1. The van der Waals surface area contributed by atoms with Crippen molar-refractivity contribution in [1.82, 2.24) is 5.32 Å². The second kappa shape index (κ2) is 6.48. The highest BCUT2D eigenvalue weighted by Gasteiger charge is 2.10. The molecular formula is C13H19Cl2N. The van der Waals surface area contributed by atoms with Gasteiger partial charge < -0.3 is 5.32 Å². The summed E-state index contributed by atoms with van der Waals surface area (Å²) in [4.78, 5) is 0. The van der Waals surface area contributed by atoms with Gasteiger partial charge in [-0.2, -0.15) is 0 Å². The van der Waals surface area contributed by atoms with E-state index in [9.17, 15) is 0 Å². The van der Waals surface area contributed by atoms with E-state index in [0.29, 0.717) is 17.8 Å². The molecule has 0 saturated heterocycles. The molecule has 1 nitrogen and oxygen atoms in total. The van der Waals surface area contributed by atoms with Crippen LogP contribution in [0.3, 0.4) is 0 Å². The second-order valence-electron chi connectivity index (χ2n) is 4.40. The Morgan fingerprint density at radius 2 is 2.00 bits per heavy atom. The highest BCUT2D eigenvalue weighted by molar-refractivity contribution is 6.31. The molecule has 0 spiro atoms. The molecule has 0 radical (unpaired) electrons. The molecule has 0 aliphatic rings. The fourth-order valence-corrected chi connectivity index (χ4v) is 1.97. The molecule has 1 aromatic carbocycles. The number of hydrogen-bond acceptors (Lipinski definition) is 1. The molecule has 1 aromatic rings. The van der Waals surface area contributed by atoms with Crippen LogP contribution in [-0.2, 0) is 6.54 Å². The number of hydrogen-bond donors (Lipinski definition) is 1. The fraction of sp³-hybridized carbons (Fsp3) is 0.538. The predicted octanol–water partition coefficient (Wildman–Crippen LogP) is 4.00. The van der Waals surface area contributed by atoms with Gasteiger partial charge in [-0.15, -0.1) is 11.6 Å². The van der Waals surface area contributed by atoms with E-state index in [2.05, 4.69) is 31.3 Å². The first-order chi connectivity index (χ1) is 7.54. The Morgan fingerprint density at radius 3 is 2.56 bits per heavy atom. The summed E-state index contributed by atoms with van der Waals surface area (Å²) < 4.78 is 0. The third-order valence-electron chi connectivity index (χ3n) is 2.92. The average Bonchev–Trinajstić information content (AvgIpc) is 2.26. The largest absolute Gasteiger partial charge is 0.310 e. The number of halogens is 2. The lowest BCUT2D eigenvalue weighted by Crippen LogP contribution is -2.32. The van der Waals surface area contributed by atoms with Gasteiger partial charge in [0.1, 0.15) is 0 Å². The van der Waals surface area contributed by atoms with Crippen molar-refractivity contribution in [3.8, 4) is 0 Å². The lowest BCUT2D eigenvalue weighted by atomic mass is 10.1. The molecule has 1 N–H and O–H groups in total. The van der Waals surface area contributed by atoms with Crippen LogP contribution in [0.1, 0.15) is 25.0 Å². The molecule has 0 aliphatic heterocycles. The van der Waals surface area contributed by atoms with Gasteiger partial charge >= 0.3 is 0 Å². The molecule has 0 aromatic heterocycles. The summed E-state index contributed by atoms with van der Waals surface area (Å²) in [6.45, 7) is 7.12. The zero-order valence-corrected chi connectivity index (χ0v) is 11.6. The van der Waals surface area contributed by atoms with E-state index in [4.69, 9.17) is 23.2 Å². The molecule has 0 heterocycles. The summed E-state index contributed by atoms with van der Waals surface area (Å²) in [6.07, 6.45) is 0. The molecule has 0 saturated carbocycles. The third kappa shape index (κ3) is 3.97. The van der Waals surface area contributed by atoms with Crippen LogP contribution in [0.15, 0.2) is 18.2 Å². The minimum absolute atomic E-state index is 0.398. The first-order valence-corrected chi connectivity index (χ1v) is 6.50. The van der Waals surface area contributed by atoms with Gasteiger partial charge in [0.05, 0.1) is 0 Å². The van der Waals surface area contributed by atoms with Crippen molar-refractivity contribution in [2.75, 3.05) is 5.88 Å². The van der Waals surface area contributed by atoms with Gasteiger partial charge in [0.25, 0.3) is 0 Å². The quantitative estimate of drug-likeness (QED) is 0.789. The molecule has 90 valence electrons. The van der Waals surface area contributed by atoms with Gasteiger partial charge in [0.15, 0.2) is 0 Å². The summed E-state index contributed by atoms with van der Waals surface area (Å²) in [5.41, 5.74) is 2.33. The molecule has 0 amide bonds. The van der Waals surface area contributed by atoms with E-state index < -0.39 is 0 Å². The van der Waals surface area contributed by atoms with Crippen LogP contribution in [0.25, 0.3) is 0 Å². The van der Waals surface area contributed by atoms with Crippen molar-refractivity contribution in [2.24, 2.45) is 5.92 Å². The second-order valence-corrected chi connectivity index (χ2v) is 5.11. The molecule has 0 aliphatic carbocycles. The van der Waals surface area contributed by atoms with Gasteiger partial charge in [0.2, 0.25) is 0 Å². The van der Waals surface area contributed by atoms with E-state index in [-0.39, 0.29) is 0 Å². The Labute approximate surface area is 108 Å². The van der Waals surface area contributed by atoms with Crippen molar-refractivity contribution in [3.05, 3.63) is 34.3 Å². The van der Waals surface area contributed by atoms with Crippen molar-refractivity contribution in [2.45, 2.75) is 33.4 Å². The SMILES string of the molecule is Cc1ccc(CNC(C)C(C)CCl)c(Cl)c1. The van der Waals surface area contributed by atoms with Crippen LogP contribution in [0.2, 0.25) is 5.02 Å². The molecule has 3 heteroatoms. The molecule has 16 heavy (non-hydrogen) atoms. The maximum Gasteiger partial charge on any atom is 0.0453 e.